The van der Waals surface area contributed by atoms with Gasteiger partial charge in [-0.1, -0.05) is 60.7 Å². The van der Waals surface area contributed by atoms with Crippen molar-refractivity contribution in [2.24, 2.45) is 10.2 Å². The molecule has 0 aliphatic rings. The Labute approximate surface area is 161 Å². The van der Waals surface area contributed by atoms with Gasteiger partial charge in [-0.3, -0.25) is 0 Å². The molecule has 6 nitrogen and oxygen atoms in total. The Balaban J connectivity index is 1.73. The van der Waals surface area contributed by atoms with Crippen molar-refractivity contribution < 1.29 is 15.0 Å². The lowest BCUT2D eigenvalue weighted by Crippen LogP contribution is -2.21. The monoisotopic (exact) mass is 370 g/mol. The lowest BCUT2D eigenvalue weighted by atomic mass is 10.2. The van der Waals surface area contributed by atoms with Gasteiger partial charge in [0.15, 0.2) is 5.69 Å². The van der Waals surface area contributed by atoms with Crippen molar-refractivity contribution in [2.45, 2.75) is 6.54 Å². The standard InChI is InChI=1S/C22H17N3O3/c26-21-20(24-23-17-12-10-16(11-13-17)22(27)28)18-8-4-5-9-19(18)25(21)14-15-6-2-1-3-7-15/h1-13,26H,14H2,(H,27,28)/p-1. The molecule has 0 bridgehead atoms. The van der Waals surface area contributed by atoms with Crippen molar-refractivity contribution in [3.8, 4) is 5.88 Å². The fourth-order valence-electron chi connectivity index (χ4n) is 3.07. The number of carboxylic acids is 1. The molecule has 1 N–H and O–H groups in total. The van der Waals surface area contributed by atoms with Gasteiger partial charge in [0, 0.05) is 5.39 Å². The van der Waals surface area contributed by atoms with E-state index < -0.39 is 5.97 Å². The summed E-state index contributed by atoms with van der Waals surface area (Å²) in [4.78, 5) is 10.8. The minimum Gasteiger partial charge on any atom is -0.545 e. The Morgan fingerprint density at radius 3 is 2.29 bits per heavy atom. The summed E-state index contributed by atoms with van der Waals surface area (Å²) in [6, 6.07) is 23.3. The topological polar surface area (TPSA) is 90.0 Å². The van der Waals surface area contributed by atoms with Gasteiger partial charge in [-0.25, -0.2) is 0 Å². The van der Waals surface area contributed by atoms with Gasteiger partial charge < -0.3 is 19.6 Å². The molecule has 1 aromatic heterocycles. The third-order valence-electron chi connectivity index (χ3n) is 4.47. The van der Waals surface area contributed by atoms with E-state index in [4.69, 9.17) is 0 Å². The fraction of sp³-hybridized carbons (Fsp3) is 0.0455. The van der Waals surface area contributed by atoms with E-state index in [2.05, 4.69) is 10.2 Å². The van der Waals surface area contributed by atoms with Crippen LogP contribution in [0.5, 0.6) is 5.88 Å². The second-order valence-electron chi connectivity index (χ2n) is 6.30. The van der Waals surface area contributed by atoms with E-state index in [9.17, 15) is 15.0 Å². The maximum Gasteiger partial charge on any atom is 0.221 e. The highest BCUT2D eigenvalue weighted by Gasteiger charge is 2.16. The van der Waals surface area contributed by atoms with Crippen LogP contribution >= 0.6 is 0 Å². The number of rotatable bonds is 5. The number of carbonyl (C=O) groups is 1. The second-order valence-corrected chi connectivity index (χ2v) is 6.30. The number of hydrogen-bond donors (Lipinski definition) is 1. The first-order valence-corrected chi connectivity index (χ1v) is 8.71. The molecule has 28 heavy (non-hydrogen) atoms. The van der Waals surface area contributed by atoms with Crippen molar-refractivity contribution in [1.82, 2.24) is 4.57 Å². The SMILES string of the molecule is O=C([O-])c1ccc(N=Nc2c(O)n(Cc3ccccc3)c3ccccc23)cc1. The number of benzene rings is 3. The molecule has 0 saturated carbocycles. The maximum absolute atomic E-state index is 10.8. The van der Waals surface area contributed by atoms with Gasteiger partial charge in [-0.2, -0.15) is 5.11 Å². The third-order valence-corrected chi connectivity index (χ3v) is 4.47. The third kappa shape index (κ3) is 3.35. The number of fused-ring (bicyclic) bond motifs is 1. The quantitative estimate of drug-likeness (QED) is 0.535. The molecule has 0 radical (unpaired) electrons. The van der Waals surface area contributed by atoms with Gasteiger partial charge in [0.2, 0.25) is 5.88 Å². The number of azo groups is 1. The van der Waals surface area contributed by atoms with Crippen molar-refractivity contribution in [3.63, 3.8) is 0 Å². The van der Waals surface area contributed by atoms with Gasteiger partial charge in [0.1, 0.15) is 0 Å². The predicted molar refractivity (Wildman–Crippen MR) is 104 cm³/mol. The van der Waals surface area contributed by atoms with Crippen LogP contribution in [0.3, 0.4) is 0 Å². The Morgan fingerprint density at radius 2 is 1.57 bits per heavy atom. The molecule has 0 aliphatic heterocycles. The number of carbonyl (C=O) groups excluding carboxylic acids is 1. The highest BCUT2D eigenvalue weighted by Crippen LogP contribution is 2.39. The van der Waals surface area contributed by atoms with Crippen LogP contribution in [0.1, 0.15) is 15.9 Å². The van der Waals surface area contributed by atoms with Crippen LogP contribution in [0, 0.1) is 0 Å². The second kappa shape index (κ2) is 7.36. The lowest BCUT2D eigenvalue weighted by Gasteiger charge is -2.06. The zero-order chi connectivity index (χ0) is 19.5. The van der Waals surface area contributed by atoms with E-state index in [-0.39, 0.29) is 11.4 Å². The van der Waals surface area contributed by atoms with E-state index in [0.717, 1.165) is 16.5 Å². The van der Waals surface area contributed by atoms with Crippen molar-refractivity contribution in [2.75, 3.05) is 0 Å². The van der Waals surface area contributed by atoms with E-state index in [1.807, 2.05) is 54.6 Å². The summed E-state index contributed by atoms with van der Waals surface area (Å²) < 4.78 is 1.79. The van der Waals surface area contributed by atoms with Gasteiger partial charge in [0.25, 0.3) is 0 Å². The molecular formula is C22H16N3O3-. The number of hydrogen-bond acceptors (Lipinski definition) is 5. The normalized spacial score (nSPS) is 11.3. The molecule has 4 rings (SSSR count). The van der Waals surface area contributed by atoms with Crippen LogP contribution in [0.15, 0.2) is 89.1 Å². The number of nitrogens with zero attached hydrogens (tertiary/aromatic N) is 3. The first kappa shape index (κ1) is 17.5. The van der Waals surface area contributed by atoms with E-state index in [0.29, 0.717) is 17.9 Å². The average molecular weight is 370 g/mol. The summed E-state index contributed by atoms with van der Waals surface area (Å²) >= 11 is 0. The fourth-order valence-corrected chi connectivity index (χ4v) is 3.07. The number of para-hydroxylation sites is 1. The molecule has 0 aliphatic carbocycles. The Hall–Kier alpha value is -3.93. The number of carboxylic acid groups (broad SMARTS) is 1. The van der Waals surface area contributed by atoms with Crippen LogP contribution in [0.25, 0.3) is 10.9 Å². The summed E-state index contributed by atoms with van der Waals surface area (Å²) in [5.41, 5.74) is 2.83. The van der Waals surface area contributed by atoms with Gasteiger partial charge in [-0.15, -0.1) is 5.11 Å². The van der Waals surface area contributed by atoms with E-state index >= 15 is 0 Å². The highest BCUT2D eigenvalue weighted by atomic mass is 16.4. The van der Waals surface area contributed by atoms with Crippen LogP contribution in [0.2, 0.25) is 0 Å². The van der Waals surface area contributed by atoms with Crippen LogP contribution < -0.4 is 5.11 Å². The molecule has 0 unspecified atom stereocenters. The van der Waals surface area contributed by atoms with Crippen molar-refractivity contribution in [3.05, 3.63) is 90.0 Å². The first-order chi connectivity index (χ1) is 13.6. The molecule has 0 amide bonds. The van der Waals surface area contributed by atoms with Crippen LogP contribution in [-0.2, 0) is 6.54 Å². The lowest BCUT2D eigenvalue weighted by molar-refractivity contribution is -0.255. The molecule has 4 aromatic rings. The minimum absolute atomic E-state index is 0.0279. The van der Waals surface area contributed by atoms with Crippen molar-refractivity contribution >= 4 is 28.2 Å². The average Bonchev–Trinajstić information content (AvgIpc) is 2.99. The highest BCUT2D eigenvalue weighted by molar-refractivity contribution is 5.95. The molecule has 0 atom stereocenters. The molecule has 0 saturated heterocycles. The number of aromatic nitrogens is 1. The summed E-state index contributed by atoms with van der Waals surface area (Å²) in [7, 11) is 0. The van der Waals surface area contributed by atoms with Gasteiger partial charge in [0.05, 0.1) is 23.7 Å². The Kier molecular flexibility index (Phi) is 4.60. The zero-order valence-corrected chi connectivity index (χ0v) is 14.8. The molecule has 0 fully saturated rings. The largest absolute Gasteiger partial charge is 0.545 e. The number of aromatic hydroxyl groups is 1. The molecular weight excluding hydrogens is 354 g/mol. The molecule has 6 heteroatoms. The molecule has 0 spiro atoms. The predicted octanol–water partition coefficient (Wildman–Crippen LogP) is 4.17. The Morgan fingerprint density at radius 1 is 0.893 bits per heavy atom. The molecule has 1 heterocycles. The Bertz CT molecular complexity index is 1160. The maximum atomic E-state index is 10.8. The van der Waals surface area contributed by atoms with Gasteiger partial charge in [-0.05, 0) is 29.3 Å². The van der Waals surface area contributed by atoms with Crippen LogP contribution in [-0.4, -0.2) is 15.6 Å². The van der Waals surface area contributed by atoms with Crippen LogP contribution in [0.4, 0.5) is 11.4 Å². The zero-order valence-electron chi connectivity index (χ0n) is 14.8. The smallest absolute Gasteiger partial charge is 0.221 e. The number of aromatic carboxylic acids is 1. The van der Waals surface area contributed by atoms with Crippen molar-refractivity contribution in [1.29, 1.82) is 0 Å². The summed E-state index contributed by atoms with van der Waals surface area (Å²) in [5, 5.41) is 30.8. The molecule has 3 aromatic carbocycles. The molecule has 138 valence electrons. The minimum atomic E-state index is -1.25. The van der Waals surface area contributed by atoms with Gasteiger partial charge >= 0.3 is 0 Å². The summed E-state index contributed by atoms with van der Waals surface area (Å²) in [5.74, 6) is -1.22. The first-order valence-electron chi connectivity index (χ1n) is 8.71. The van der Waals surface area contributed by atoms with E-state index in [1.165, 1.54) is 24.3 Å². The summed E-state index contributed by atoms with van der Waals surface area (Å²) in [6.07, 6.45) is 0. The van der Waals surface area contributed by atoms with E-state index in [1.54, 1.807) is 4.57 Å². The summed E-state index contributed by atoms with van der Waals surface area (Å²) in [6.45, 7) is 0.503.